The van der Waals surface area contributed by atoms with Crippen LogP contribution < -0.4 is 11.1 Å². The fourth-order valence-corrected chi connectivity index (χ4v) is 5.95. The Morgan fingerprint density at radius 2 is 1.87 bits per heavy atom. The molecule has 2 aromatic heterocycles. The van der Waals surface area contributed by atoms with E-state index in [0.29, 0.717) is 34.7 Å². The van der Waals surface area contributed by atoms with Crippen molar-refractivity contribution in [2.75, 3.05) is 5.32 Å². The Kier molecular flexibility index (Phi) is 7.81. The summed E-state index contributed by atoms with van der Waals surface area (Å²) in [4.78, 5) is 28.8. The number of halogens is 1. The zero-order valence-electron chi connectivity index (χ0n) is 22.9. The summed E-state index contributed by atoms with van der Waals surface area (Å²) >= 11 is 0. The lowest BCUT2D eigenvalue weighted by molar-refractivity contribution is 0.205. The van der Waals surface area contributed by atoms with Gasteiger partial charge in [-0.1, -0.05) is 51.3 Å². The van der Waals surface area contributed by atoms with Crippen molar-refractivity contribution in [3.8, 4) is 0 Å². The number of hydrogen-bond donors (Lipinski definition) is 3. The lowest BCUT2D eigenvalue weighted by atomic mass is 9.80. The van der Waals surface area contributed by atoms with Gasteiger partial charge in [0.25, 0.3) is 0 Å². The minimum atomic E-state index is -1.42. The van der Waals surface area contributed by atoms with Gasteiger partial charge in [0.15, 0.2) is 23.1 Å². The van der Waals surface area contributed by atoms with E-state index in [1.54, 1.807) is 12.1 Å². The minimum absolute atomic E-state index is 0.00875. The number of aromatic nitrogens is 4. The summed E-state index contributed by atoms with van der Waals surface area (Å²) in [6.07, 6.45) is 6.69. The zero-order valence-corrected chi connectivity index (χ0v) is 22.9. The van der Waals surface area contributed by atoms with Crippen molar-refractivity contribution in [3.63, 3.8) is 0 Å². The number of carbonyl (C=O) groups is 1. The van der Waals surface area contributed by atoms with E-state index < -0.39 is 6.09 Å². The van der Waals surface area contributed by atoms with Gasteiger partial charge in [0.1, 0.15) is 17.2 Å². The molecule has 0 aliphatic heterocycles. The van der Waals surface area contributed by atoms with Crippen LogP contribution in [0.3, 0.4) is 0 Å². The van der Waals surface area contributed by atoms with Crippen LogP contribution in [-0.2, 0) is 6.54 Å². The number of benzene rings is 1. The summed E-state index contributed by atoms with van der Waals surface area (Å²) in [7, 11) is 0. The van der Waals surface area contributed by atoms with Crippen LogP contribution in [0.2, 0.25) is 0 Å². The van der Waals surface area contributed by atoms with Crippen molar-refractivity contribution in [1.29, 1.82) is 0 Å². The van der Waals surface area contributed by atoms with Gasteiger partial charge in [-0.15, -0.1) is 0 Å². The number of hydrogen-bond acceptors (Lipinski definition) is 5. The second-order valence-electron chi connectivity index (χ2n) is 11.4. The van der Waals surface area contributed by atoms with Crippen LogP contribution in [0.4, 0.5) is 15.0 Å². The predicted octanol–water partition coefficient (Wildman–Crippen LogP) is 5.93. The average molecular weight is 536 g/mol. The summed E-state index contributed by atoms with van der Waals surface area (Å²) in [5.74, 6) is 2.06. The number of carboxylic acid groups (broad SMARTS) is 1. The number of amidine groups is 1. The minimum Gasteiger partial charge on any atom is -0.463 e. The largest absolute Gasteiger partial charge is 0.463 e. The molecule has 39 heavy (non-hydrogen) atoms. The summed E-state index contributed by atoms with van der Waals surface area (Å²) < 4.78 is 17.1. The Hall–Kier alpha value is -3.56. The Morgan fingerprint density at radius 3 is 2.51 bits per heavy atom. The van der Waals surface area contributed by atoms with E-state index in [0.717, 1.165) is 43.7 Å². The number of nitrogens with zero attached hydrogens (tertiary/aromatic N) is 5. The van der Waals surface area contributed by atoms with E-state index in [4.69, 9.17) is 15.8 Å². The van der Waals surface area contributed by atoms with Crippen molar-refractivity contribution >= 4 is 28.9 Å². The maximum atomic E-state index is 14.9. The first kappa shape index (κ1) is 27.0. The molecule has 5 rings (SSSR count). The molecule has 4 N–H and O–H groups in total. The average Bonchev–Trinajstić information content (AvgIpc) is 3.22. The lowest BCUT2D eigenvalue weighted by Gasteiger charge is -2.32. The smallest absolute Gasteiger partial charge is 0.433 e. The molecule has 0 spiro atoms. The van der Waals surface area contributed by atoms with E-state index in [9.17, 15) is 9.18 Å². The van der Waals surface area contributed by atoms with Crippen molar-refractivity contribution in [2.24, 2.45) is 28.5 Å². The van der Waals surface area contributed by atoms with E-state index in [2.05, 4.69) is 38.7 Å². The Balaban J connectivity index is 1.67. The third kappa shape index (κ3) is 5.74. The molecule has 9 nitrogen and oxygen atoms in total. The number of nitrogens with one attached hydrogen (secondary N) is 1. The topological polar surface area (TPSA) is 131 Å². The first-order valence-corrected chi connectivity index (χ1v) is 14.1. The van der Waals surface area contributed by atoms with Crippen molar-refractivity contribution in [3.05, 3.63) is 47.3 Å². The normalized spacial score (nSPS) is 21.9. The first-order valence-electron chi connectivity index (χ1n) is 14.1. The van der Waals surface area contributed by atoms with Crippen LogP contribution in [0.5, 0.6) is 0 Å². The number of imidazole rings is 1. The Labute approximate surface area is 228 Å². The monoisotopic (exact) mass is 535 g/mol. The molecule has 0 bridgehead atoms. The molecule has 1 amide bonds. The molecule has 0 saturated heterocycles. The molecule has 1 aromatic carbocycles. The Bertz CT molecular complexity index is 1380. The van der Waals surface area contributed by atoms with Crippen LogP contribution in [0.15, 0.2) is 29.3 Å². The number of nitrogens with two attached hydrogens (primary N) is 1. The van der Waals surface area contributed by atoms with Crippen LogP contribution in [-0.4, -0.2) is 42.6 Å². The quantitative estimate of drug-likeness (QED) is 0.241. The van der Waals surface area contributed by atoms with E-state index in [-0.39, 0.29) is 29.4 Å². The van der Waals surface area contributed by atoms with E-state index in [1.807, 2.05) is 13.0 Å². The summed E-state index contributed by atoms with van der Waals surface area (Å²) in [5.41, 5.74) is 7.69. The lowest BCUT2D eigenvalue weighted by Crippen LogP contribution is -2.32. The summed E-state index contributed by atoms with van der Waals surface area (Å²) in [5, 5.41) is 12.7. The van der Waals surface area contributed by atoms with Crippen LogP contribution in [0.1, 0.15) is 88.8 Å². The molecule has 208 valence electrons. The van der Waals surface area contributed by atoms with E-state index >= 15 is 0 Å². The molecule has 2 atom stereocenters. The number of amides is 1. The zero-order chi connectivity index (χ0) is 27.7. The SMILES string of the molecule is CC1CCC(Cn2c(C(C)c3ccccc3F)nc3nc(C(N)=NC(=O)O)nc(NC(C)C4CCC4)c32)CC1. The van der Waals surface area contributed by atoms with Crippen LogP contribution >= 0.6 is 0 Å². The number of rotatable bonds is 8. The maximum absolute atomic E-state index is 14.9. The molecule has 2 aliphatic carbocycles. The molecule has 2 aliphatic rings. The highest BCUT2D eigenvalue weighted by Gasteiger charge is 2.30. The fraction of sp³-hybridized carbons (Fsp3) is 0.552. The van der Waals surface area contributed by atoms with Gasteiger partial charge in [-0.25, -0.2) is 24.1 Å². The molecular weight excluding hydrogens is 497 g/mol. The van der Waals surface area contributed by atoms with Gasteiger partial charge in [0.05, 0.1) is 0 Å². The molecule has 2 heterocycles. The second kappa shape index (κ2) is 11.3. The first-order chi connectivity index (χ1) is 18.7. The fourth-order valence-electron chi connectivity index (χ4n) is 5.95. The number of fused-ring (bicyclic) bond motifs is 1. The van der Waals surface area contributed by atoms with Crippen LogP contribution in [0.25, 0.3) is 11.2 Å². The maximum Gasteiger partial charge on any atom is 0.433 e. The van der Waals surface area contributed by atoms with Gasteiger partial charge in [-0.05, 0) is 62.0 Å². The summed E-state index contributed by atoms with van der Waals surface area (Å²) in [6.45, 7) is 7.12. The van der Waals surface area contributed by atoms with Gasteiger partial charge >= 0.3 is 6.09 Å². The molecule has 2 unspecified atom stereocenters. The van der Waals surface area contributed by atoms with Crippen molar-refractivity contribution in [1.82, 2.24) is 19.5 Å². The van der Waals surface area contributed by atoms with Gasteiger partial charge in [0.2, 0.25) is 0 Å². The third-order valence-corrected chi connectivity index (χ3v) is 8.63. The van der Waals surface area contributed by atoms with Gasteiger partial charge in [0, 0.05) is 18.5 Å². The standard InChI is InChI=1S/C29H38FN7O2/c1-16-11-13-19(14-12-16)15-37-23-25(32-18(3)20-7-6-8-20)34-27(24(31)33-29(38)39)35-26(23)36-28(37)17(2)21-9-4-5-10-22(21)30/h4-5,9-10,16-20H,6-8,11-15H2,1-3H3,(H2,31,33)(H,38,39)(H,32,34,35). The van der Waals surface area contributed by atoms with Crippen molar-refractivity contribution < 1.29 is 14.3 Å². The third-order valence-electron chi connectivity index (χ3n) is 8.63. The highest BCUT2D eigenvalue weighted by molar-refractivity contribution is 6.01. The molecule has 2 saturated carbocycles. The van der Waals surface area contributed by atoms with Crippen LogP contribution in [0, 0.1) is 23.6 Å². The number of anilines is 1. The van der Waals surface area contributed by atoms with E-state index in [1.165, 1.54) is 25.3 Å². The predicted molar refractivity (Wildman–Crippen MR) is 150 cm³/mol. The molecule has 0 radical (unpaired) electrons. The second-order valence-corrected chi connectivity index (χ2v) is 11.4. The van der Waals surface area contributed by atoms with Gasteiger partial charge < -0.3 is 20.7 Å². The highest BCUT2D eigenvalue weighted by Crippen LogP contribution is 2.36. The van der Waals surface area contributed by atoms with Gasteiger partial charge in [-0.2, -0.15) is 4.99 Å². The molecular formula is C29H38FN7O2. The molecule has 10 heteroatoms. The molecule has 3 aromatic rings. The molecule has 2 fully saturated rings. The highest BCUT2D eigenvalue weighted by atomic mass is 19.1. The van der Waals surface area contributed by atoms with Crippen molar-refractivity contribution in [2.45, 2.75) is 84.2 Å². The summed E-state index contributed by atoms with van der Waals surface area (Å²) in [6, 6.07) is 6.92. The Morgan fingerprint density at radius 1 is 1.15 bits per heavy atom. The number of aliphatic imine (C=N–C) groups is 1. The van der Waals surface area contributed by atoms with Gasteiger partial charge in [-0.3, -0.25) is 0 Å².